The van der Waals surface area contributed by atoms with E-state index in [1.807, 2.05) is 0 Å². The van der Waals surface area contributed by atoms with E-state index < -0.39 is 17.7 Å². The van der Waals surface area contributed by atoms with E-state index in [9.17, 15) is 14.4 Å². The van der Waals surface area contributed by atoms with Gasteiger partial charge in [0, 0.05) is 12.8 Å². The average molecular weight is 286 g/mol. The topological polar surface area (TPSA) is 80.7 Å². The molecule has 0 saturated heterocycles. The zero-order valence-electron chi connectivity index (χ0n) is 12.4. The first-order valence-electron chi connectivity index (χ1n) is 7.49. The predicted octanol–water partition coefficient (Wildman–Crippen LogP) is 3.10. The van der Waals surface area contributed by atoms with Gasteiger partial charge < -0.3 is 9.84 Å². The summed E-state index contributed by atoms with van der Waals surface area (Å²) < 4.78 is 4.88. The van der Waals surface area contributed by atoms with Gasteiger partial charge >= 0.3 is 11.9 Å². The van der Waals surface area contributed by atoms with Crippen molar-refractivity contribution >= 4 is 17.7 Å². The van der Waals surface area contributed by atoms with Crippen LogP contribution in [0.4, 0.5) is 0 Å². The number of aliphatic carboxylic acids is 1. The molecule has 5 heteroatoms. The van der Waals surface area contributed by atoms with Crippen molar-refractivity contribution in [1.82, 2.24) is 0 Å². The maximum atomic E-state index is 11.4. The lowest BCUT2D eigenvalue weighted by atomic mass is 10.1. The summed E-state index contributed by atoms with van der Waals surface area (Å²) in [4.78, 5) is 33.0. The van der Waals surface area contributed by atoms with E-state index in [1.165, 1.54) is 19.3 Å². The summed E-state index contributed by atoms with van der Waals surface area (Å²) in [7, 11) is 0. The maximum Gasteiger partial charge on any atom is 0.374 e. The SMILES string of the molecule is CCCCCCCCOC(=O)C(=O)CCCCC(=O)O. The van der Waals surface area contributed by atoms with Crippen molar-refractivity contribution in [3.05, 3.63) is 0 Å². The van der Waals surface area contributed by atoms with Crippen molar-refractivity contribution < 1.29 is 24.2 Å². The molecule has 0 aromatic heterocycles. The van der Waals surface area contributed by atoms with Crippen molar-refractivity contribution in [3.63, 3.8) is 0 Å². The Bertz CT molecular complexity index is 299. The number of unbranched alkanes of at least 4 members (excludes halogenated alkanes) is 6. The highest BCUT2D eigenvalue weighted by atomic mass is 16.5. The summed E-state index contributed by atoms with van der Waals surface area (Å²) in [6.45, 7) is 2.45. The molecule has 0 aromatic rings. The molecule has 0 heterocycles. The van der Waals surface area contributed by atoms with Crippen molar-refractivity contribution in [2.24, 2.45) is 0 Å². The number of ketones is 1. The van der Waals surface area contributed by atoms with Crippen molar-refractivity contribution in [3.8, 4) is 0 Å². The largest absolute Gasteiger partial charge is 0.481 e. The second-order valence-electron chi connectivity index (χ2n) is 4.93. The number of rotatable bonds is 13. The number of hydrogen-bond donors (Lipinski definition) is 1. The summed E-state index contributed by atoms with van der Waals surface area (Å²) in [6.07, 6.45) is 7.50. The first-order valence-corrected chi connectivity index (χ1v) is 7.49. The molecule has 0 atom stereocenters. The highest BCUT2D eigenvalue weighted by Gasteiger charge is 2.14. The highest BCUT2D eigenvalue weighted by Crippen LogP contribution is 2.06. The summed E-state index contributed by atoms with van der Waals surface area (Å²) in [5.41, 5.74) is 0. The van der Waals surface area contributed by atoms with Gasteiger partial charge in [0.2, 0.25) is 5.78 Å². The van der Waals surface area contributed by atoms with E-state index in [4.69, 9.17) is 9.84 Å². The van der Waals surface area contributed by atoms with Crippen molar-refractivity contribution in [2.45, 2.75) is 71.1 Å². The van der Waals surface area contributed by atoms with Gasteiger partial charge in [-0.25, -0.2) is 4.79 Å². The van der Waals surface area contributed by atoms with Crippen LogP contribution < -0.4 is 0 Å². The van der Waals surface area contributed by atoms with Crippen LogP contribution in [0, 0.1) is 0 Å². The zero-order valence-corrected chi connectivity index (χ0v) is 12.4. The average Bonchev–Trinajstić information content (AvgIpc) is 2.41. The highest BCUT2D eigenvalue weighted by molar-refractivity contribution is 6.33. The Morgan fingerprint density at radius 3 is 2.10 bits per heavy atom. The second-order valence-corrected chi connectivity index (χ2v) is 4.93. The molecular formula is C15H26O5. The number of Topliss-reactive ketones (excluding diaryl/α,β-unsaturated/α-hetero) is 1. The van der Waals surface area contributed by atoms with Gasteiger partial charge in [0.05, 0.1) is 6.61 Å². The number of hydrogen-bond acceptors (Lipinski definition) is 4. The van der Waals surface area contributed by atoms with Crippen LogP contribution in [0.2, 0.25) is 0 Å². The summed E-state index contributed by atoms with van der Waals surface area (Å²) in [6, 6.07) is 0. The summed E-state index contributed by atoms with van der Waals surface area (Å²) in [5.74, 6) is -2.22. The van der Waals surface area contributed by atoms with E-state index in [0.717, 1.165) is 19.3 Å². The number of carbonyl (C=O) groups is 3. The molecule has 0 aliphatic rings. The van der Waals surface area contributed by atoms with Gasteiger partial charge in [-0.2, -0.15) is 0 Å². The Balaban J connectivity index is 3.46. The van der Waals surface area contributed by atoms with Crippen LogP contribution in [-0.2, 0) is 19.1 Å². The minimum atomic E-state index is -0.886. The molecule has 0 radical (unpaired) electrons. The molecule has 0 fully saturated rings. The summed E-state index contributed by atoms with van der Waals surface area (Å²) in [5, 5.41) is 8.43. The quantitative estimate of drug-likeness (QED) is 0.319. The van der Waals surface area contributed by atoms with Crippen LogP contribution in [0.3, 0.4) is 0 Å². The molecule has 1 N–H and O–H groups in total. The molecule has 0 aromatic carbocycles. The van der Waals surface area contributed by atoms with Crippen molar-refractivity contribution in [1.29, 1.82) is 0 Å². The van der Waals surface area contributed by atoms with Crippen LogP contribution in [0.15, 0.2) is 0 Å². The van der Waals surface area contributed by atoms with Crippen LogP contribution in [0.5, 0.6) is 0 Å². The van der Waals surface area contributed by atoms with Crippen LogP contribution in [-0.4, -0.2) is 29.4 Å². The number of esters is 1. The van der Waals surface area contributed by atoms with E-state index >= 15 is 0 Å². The first-order chi connectivity index (χ1) is 9.57. The monoisotopic (exact) mass is 286 g/mol. The molecular weight excluding hydrogens is 260 g/mol. The van der Waals surface area contributed by atoms with Gasteiger partial charge in [-0.3, -0.25) is 9.59 Å². The van der Waals surface area contributed by atoms with Gasteiger partial charge in [-0.1, -0.05) is 39.0 Å². The first kappa shape index (κ1) is 18.6. The molecule has 0 aliphatic carbocycles. The van der Waals surface area contributed by atoms with E-state index in [2.05, 4.69) is 6.92 Å². The van der Waals surface area contributed by atoms with E-state index in [1.54, 1.807) is 0 Å². The summed E-state index contributed by atoms with van der Waals surface area (Å²) >= 11 is 0. The standard InChI is InChI=1S/C15H26O5/c1-2-3-4-5-6-9-12-20-15(19)13(16)10-7-8-11-14(17)18/h2-12H2,1H3,(H,17,18). The molecule has 0 bridgehead atoms. The number of carboxylic acid groups (broad SMARTS) is 1. The Morgan fingerprint density at radius 1 is 0.850 bits per heavy atom. The molecule has 0 aliphatic heterocycles. The molecule has 116 valence electrons. The van der Waals surface area contributed by atoms with Gasteiger partial charge in [0.25, 0.3) is 0 Å². The van der Waals surface area contributed by atoms with E-state index in [0.29, 0.717) is 19.4 Å². The fourth-order valence-corrected chi connectivity index (χ4v) is 1.79. The lowest BCUT2D eigenvalue weighted by molar-refractivity contribution is -0.154. The van der Waals surface area contributed by atoms with Gasteiger partial charge in [0.1, 0.15) is 0 Å². The predicted molar refractivity (Wildman–Crippen MR) is 75.4 cm³/mol. The normalized spacial score (nSPS) is 10.2. The molecule has 0 rings (SSSR count). The molecule has 0 unspecified atom stereocenters. The lowest BCUT2D eigenvalue weighted by Gasteiger charge is -2.04. The Morgan fingerprint density at radius 2 is 1.45 bits per heavy atom. The number of ether oxygens (including phenoxy) is 1. The molecule has 0 saturated carbocycles. The molecule has 0 spiro atoms. The van der Waals surface area contributed by atoms with Gasteiger partial charge in [-0.15, -0.1) is 0 Å². The zero-order chi connectivity index (χ0) is 15.2. The lowest BCUT2D eigenvalue weighted by Crippen LogP contribution is -2.17. The minimum Gasteiger partial charge on any atom is -0.481 e. The van der Waals surface area contributed by atoms with Crippen LogP contribution in [0.25, 0.3) is 0 Å². The smallest absolute Gasteiger partial charge is 0.374 e. The van der Waals surface area contributed by atoms with E-state index in [-0.39, 0.29) is 12.8 Å². The molecule has 20 heavy (non-hydrogen) atoms. The Labute approximate surface area is 120 Å². The molecule has 5 nitrogen and oxygen atoms in total. The number of carbonyl (C=O) groups excluding carboxylic acids is 2. The van der Waals surface area contributed by atoms with Gasteiger partial charge in [-0.05, 0) is 19.3 Å². The van der Waals surface area contributed by atoms with Crippen LogP contribution >= 0.6 is 0 Å². The fourth-order valence-electron chi connectivity index (χ4n) is 1.79. The third-order valence-corrected chi connectivity index (χ3v) is 3.00. The molecule has 0 amide bonds. The Kier molecular flexibility index (Phi) is 11.8. The third-order valence-electron chi connectivity index (χ3n) is 3.00. The third kappa shape index (κ3) is 11.7. The van der Waals surface area contributed by atoms with Gasteiger partial charge in [0.15, 0.2) is 0 Å². The van der Waals surface area contributed by atoms with Crippen molar-refractivity contribution in [2.75, 3.05) is 6.61 Å². The maximum absolute atomic E-state index is 11.4. The second kappa shape index (κ2) is 12.6. The fraction of sp³-hybridized carbons (Fsp3) is 0.800. The number of carboxylic acids is 1. The minimum absolute atomic E-state index is 0.0279. The van der Waals surface area contributed by atoms with Crippen LogP contribution in [0.1, 0.15) is 71.1 Å². The Hall–Kier alpha value is -1.39.